The van der Waals surface area contributed by atoms with Crippen molar-refractivity contribution in [1.29, 1.82) is 0 Å². The lowest BCUT2D eigenvalue weighted by Crippen LogP contribution is -2.05. The monoisotopic (exact) mass is 272 g/mol. The predicted octanol–water partition coefficient (Wildman–Crippen LogP) is 3.64. The number of rotatable bonds is 2. The van der Waals surface area contributed by atoms with Crippen molar-refractivity contribution < 1.29 is 13.2 Å². The molecule has 0 saturated carbocycles. The number of aryl methyl sites for hydroxylation is 1. The second-order valence-electron chi connectivity index (χ2n) is 3.93. The van der Waals surface area contributed by atoms with E-state index < -0.39 is 11.7 Å². The maximum absolute atomic E-state index is 12.5. The van der Waals surface area contributed by atoms with Crippen LogP contribution in [0.4, 0.5) is 18.2 Å². The molecule has 0 aliphatic heterocycles. The number of anilines is 1. The molecule has 0 amide bonds. The van der Waals surface area contributed by atoms with Crippen LogP contribution in [0.5, 0.6) is 0 Å². The lowest BCUT2D eigenvalue weighted by atomic mass is 10.1. The van der Waals surface area contributed by atoms with Gasteiger partial charge >= 0.3 is 6.18 Å². The van der Waals surface area contributed by atoms with Gasteiger partial charge in [-0.2, -0.15) is 13.2 Å². The third kappa shape index (κ3) is 2.81. The maximum Gasteiger partial charge on any atom is 0.416 e. The zero-order valence-corrected chi connectivity index (χ0v) is 10.4. The fourth-order valence-electron chi connectivity index (χ4n) is 1.57. The summed E-state index contributed by atoms with van der Waals surface area (Å²) in [6.07, 6.45) is -3.94. The molecule has 2 N–H and O–H groups in total. The number of thiazole rings is 1. The van der Waals surface area contributed by atoms with E-state index in [0.717, 1.165) is 22.8 Å². The molecule has 0 saturated heterocycles. The van der Waals surface area contributed by atoms with E-state index in [1.54, 1.807) is 13.0 Å². The van der Waals surface area contributed by atoms with Gasteiger partial charge in [0.05, 0.1) is 16.3 Å². The standard InChI is InChI=1S/C12H11F3N2S/c1-7-11(16)18-10(17-7)6-8-3-2-4-9(5-8)12(13,14)15/h2-5H,6,16H2,1H3. The Balaban J connectivity index is 2.24. The molecule has 0 unspecified atom stereocenters. The zero-order valence-electron chi connectivity index (χ0n) is 9.58. The molecule has 0 fully saturated rings. The molecule has 0 atom stereocenters. The van der Waals surface area contributed by atoms with Gasteiger partial charge in [-0.3, -0.25) is 0 Å². The molecule has 0 radical (unpaired) electrons. The van der Waals surface area contributed by atoms with Gasteiger partial charge in [-0.25, -0.2) is 4.98 Å². The van der Waals surface area contributed by atoms with Gasteiger partial charge in [0.1, 0.15) is 5.00 Å². The largest absolute Gasteiger partial charge is 0.416 e. The third-order valence-electron chi connectivity index (χ3n) is 2.49. The number of nitrogen functional groups attached to an aromatic ring is 1. The van der Waals surface area contributed by atoms with Crippen LogP contribution in [0.15, 0.2) is 24.3 Å². The Labute approximate surface area is 106 Å². The van der Waals surface area contributed by atoms with Crippen molar-refractivity contribution in [2.75, 3.05) is 5.73 Å². The quantitative estimate of drug-likeness (QED) is 0.906. The molecular weight excluding hydrogens is 261 g/mol. The molecular formula is C12H11F3N2S. The maximum atomic E-state index is 12.5. The summed E-state index contributed by atoms with van der Waals surface area (Å²) in [6, 6.07) is 5.27. The number of aromatic nitrogens is 1. The molecule has 96 valence electrons. The Morgan fingerprint density at radius 2 is 2.06 bits per heavy atom. The number of halogens is 3. The van der Waals surface area contributed by atoms with Gasteiger partial charge in [-0.15, -0.1) is 11.3 Å². The second kappa shape index (κ2) is 4.61. The van der Waals surface area contributed by atoms with Gasteiger partial charge in [0, 0.05) is 6.42 Å². The Kier molecular flexibility index (Phi) is 3.30. The van der Waals surface area contributed by atoms with Gasteiger partial charge in [-0.05, 0) is 18.6 Å². The van der Waals surface area contributed by atoms with E-state index in [9.17, 15) is 13.2 Å². The zero-order chi connectivity index (χ0) is 13.3. The fraction of sp³-hybridized carbons (Fsp3) is 0.250. The van der Waals surface area contributed by atoms with Crippen LogP contribution in [0.2, 0.25) is 0 Å². The van der Waals surface area contributed by atoms with E-state index in [1.165, 1.54) is 17.4 Å². The molecule has 1 aromatic carbocycles. The number of benzene rings is 1. The first-order valence-electron chi connectivity index (χ1n) is 5.24. The van der Waals surface area contributed by atoms with Crippen molar-refractivity contribution >= 4 is 16.3 Å². The van der Waals surface area contributed by atoms with E-state index in [2.05, 4.69) is 4.98 Å². The second-order valence-corrected chi connectivity index (χ2v) is 5.05. The summed E-state index contributed by atoms with van der Waals surface area (Å²) in [5, 5.41) is 1.33. The Morgan fingerprint density at radius 1 is 1.33 bits per heavy atom. The number of hydrogen-bond donors (Lipinski definition) is 1. The van der Waals surface area contributed by atoms with Crippen molar-refractivity contribution in [3.63, 3.8) is 0 Å². The first-order chi connectivity index (χ1) is 8.36. The molecule has 1 heterocycles. The van der Waals surface area contributed by atoms with Crippen molar-refractivity contribution in [3.05, 3.63) is 46.1 Å². The molecule has 0 spiro atoms. The van der Waals surface area contributed by atoms with Crippen LogP contribution >= 0.6 is 11.3 Å². The van der Waals surface area contributed by atoms with E-state index in [0.29, 0.717) is 17.0 Å². The molecule has 0 aliphatic rings. The van der Waals surface area contributed by atoms with E-state index in [1.807, 2.05) is 0 Å². The summed E-state index contributed by atoms with van der Waals surface area (Å²) in [6.45, 7) is 1.78. The SMILES string of the molecule is Cc1nc(Cc2cccc(C(F)(F)F)c2)sc1N. The van der Waals surface area contributed by atoms with Crippen LogP contribution in [0.25, 0.3) is 0 Å². The first-order valence-corrected chi connectivity index (χ1v) is 6.06. The lowest BCUT2D eigenvalue weighted by Gasteiger charge is -2.07. The number of alkyl halides is 3. The number of hydrogen-bond acceptors (Lipinski definition) is 3. The van der Waals surface area contributed by atoms with Crippen molar-refractivity contribution in [2.24, 2.45) is 0 Å². The van der Waals surface area contributed by atoms with Gasteiger partial charge in [0.25, 0.3) is 0 Å². The van der Waals surface area contributed by atoms with Gasteiger partial charge in [-0.1, -0.05) is 18.2 Å². The minimum Gasteiger partial charge on any atom is -0.389 e. The van der Waals surface area contributed by atoms with Crippen LogP contribution in [0.3, 0.4) is 0 Å². The summed E-state index contributed by atoms with van der Waals surface area (Å²) in [7, 11) is 0. The lowest BCUT2D eigenvalue weighted by molar-refractivity contribution is -0.137. The summed E-state index contributed by atoms with van der Waals surface area (Å²) in [5.41, 5.74) is 6.34. The molecule has 1 aromatic heterocycles. The number of nitrogens with zero attached hydrogens (tertiary/aromatic N) is 1. The average molecular weight is 272 g/mol. The Hall–Kier alpha value is -1.56. The molecule has 6 heteroatoms. The minimum absolute atomic E-state index is 0.368. The molecule has 0 aliphatic carbocycles. The number of nitrogens with two attached hydrogens (primary N) is 1. The summed E-state index contributed by atoms with van der Waals surface area (Å²) >= 11 is 1.31. The smallest absolute Gasteiger partial charge is 0.389 e. The van der Waals surface area contributed by atoms with E-state index >= 15 is 0 Å². The highest BCUT2D eigenvalue weighted by Gasteiger charge is 2.30. The molecule has 2 nitrogen and oxygen atoms in total. The topological polar surface area (TPSA) is 38.9 Å². The molecule has 2 rings (SSSR count). The van der Waals surface area contributed by atoms with Crippen LogP contribution in [-0.4, -0.2) is 4.98 Å². The van der Waals surface area contributed by atoms with E-state index in [4.69, 9.17) is 5.73 Å². The van der Waals surface area contributed by atoms with Gasteiger partial charge in [0.15, 0.2) is 0 Å². The summed E-state index contributed by atoms with van der Waals surface area (Å²) in [4.78, 5) is 4.21. The van der Waals surface area contributed by atoms with Crippen molar-refractivity contribution in [3.8, 4) is 0 Å². The minimum atomic E-state index is -4.31. The van der Waals surface area contributed by atoms with Crippen LogP contribution < -0.4 is 5.73 Å². The highest BCUT2D eigenvalue weighted by atomic mass is 32.1. The van der Waals surface area contributed by atoms with Gasteiger partial charge < -0.3 is 5.73 Å². The van der Waals surface area contributed by atoms with E-state index in [-0.39, 0.29) is 0 Å². The molecule has 0 bridgehead atoms. The molecule has 2 aromatic rings. The normalized spacial score (nSPS) is 11.8. The molecule has 18 heavy (non-hydrogen) atoms. The third-order valence-corrected chi connectivity index (χ3v) is 3.47. The van der Waals surface area contributed by atoms with Crippen LogP contribution in [-0.2, 0) is 12.6 Å². The van der Waals surface area contributed by atoms with Crippen LogP contribution in [0, 0.1) is 6.92 Å². The highest BCUT2D eigenvalue weighted by Crippen LogP contribution is 2.30. The highest BCUT2D eigenvalue weighted by molar-refractivity contribution is 7.15. The average Bonchev–Trinajstić information content (AvgIpc) is 2.57. The van der Waals surface area contributed by atoms with Gasteiger partial charge in [0.2, 0.25) is 0 Å². The summed E-state index contributed by atoms with van der Waals surface area (Å²) in [5.74, 6) is 0. The van der Waals surface area contributed by atoms with Crippen molar-refractivity contribution in [1.82, 2.24) is 4.98 Å². The Bertz CT molecular complexity index is 541. The van der Waals surface area contributed by atoms with Crippen molar-refractivity contribution in [2.45, 2.75) is 19.5 Å². The van der Waals surface area contributed by atoms with Crippen LogP contribution in [0.1, 0.15) is 21.8 Å². The predicted molar refractivity (Wildman–Crippen MR) is 65.5 cm³/mol. The Morgan fingerprint density at radius 3 is 2.61 bits per heavy atom. The fourth-order valence-corrected chi connectivity index (χ4v) is 2.44. The first kappa shape index (κ1) is 12.9. The summed E-state index contributed by atoms with van der Waals surface area (Å²) < 4.78 is 37.6.